The van der Waals surface area contributed by atoms with E-state index < -0.39 is 55.2 Å². The highest BCUT2D eigenvalue weighted by molar-refractivity contribution is 8.25. The summed E-state index contributed by atoms with van der Waals surface area (Å²) in [6, 6.07) is 8.42. The number of hydrogen-bond acceptors (Lipinski definition) is 12. The molecule has 376 valence electrons. The van der Waals surface area contributed by atoms with Crippen LogP contribution < -0.4 is 18.9 Å². The van der Waals surface area contributed by atoms with Gasteiger partial charge in [-0.25, -0.2) is 52.6 Å². The van der Waals surface area contributed by atoms with Crippen molar-refractivity contribution in [3.8, 4) is 24.3 Å². The zero-order valence-corrected chi connectivity index (χ0v) is 42.9. The number of unbranched alkanes of at least 4 members (excludes halogenated alkanes) is 28. The fourth-order valence-electron chi connectivity index (χ4n) is 7.79. The first-order valence-electron chi connectivity index (χ1n) is 24.6. The Morgan fingerprint density at radius 2 is 0.600 bits per heavy atom. The third-order valence-electron chi connectivity index (χ3n) is 11.5. The summed E-state index contributed by atoms with van der Waals surface area (Å²) in [4.78, 5) is 0. The molecule has 0 fully saturated rings. The average molecular weight is 993 g/mol. The summed E-state index contributed by atoms with van der Waals surface area (Å²) in [6.45, 7) is 0.859. The summed E-state index contributed by atoms with van der Waals surface area (Å²) < 4.78 is 125. The smallest absolute Gasteiger partial charge is 0.215 e. The second-order valence-corrected chi connectivity index (χ2v) is 25.6. The minimum absolute atomic E-state index is 0.0555. The van der Waals surface area contributed by atoms with Gasteiger partial charge in [-0.3, -0.25) is 0 Å². The van der Waals surface area contributed by atoms with Gasteiger partial charge in [-0.05, 0) is 57.8 Å². The molecule has 0 aliphatic rings. The summed E-state index contributed by atoms with van der Waals surface area (Å²) >= 11 is 0. The van der Waals surface area contributed by atoms with Crippen molar-refractivity contribution in [2.45, 2.75) is 234 Å². The molecule has 1 atom stereocenters. The van der Waals surface area contributed by atoms with E-state index in [0.29, 0.717) is 89.9 Å². The summed E-state index contributed by atoms with van der Waals surface area (Å²) in [7, 11) is -21.7. The van der Waals surface area contributed by atoms with Crippen molar-refractivity contribution in [3.05, 3.63) is 0 Å². The molecule has 0 saturated heterocycles. The fraction of sp³-hybridized carbons (Fsp3) is 0.911. The second kappa shape index (κ2) is 38.6. The largest absolute Gasteiger partial charge is 0.330 e. The maximum absolute atomic E-state index is 15.1. The molecule has 0 aliphatic carbocycles. The van der Waals surface area contributed by atoms with E-state index in [4.69, 9.17) is 21.0 Å². The Morgan fingerprint density at radius 3 is 0.892 bits per heavy atom. The van der Waals surface area contributed by atoms with Crippen LogP contribution in [0.2, 0.25) is 0 Å². The highest BCUT2D eigenvalue weighted by atomic mass is 32.3. The molecule has 0 amide bonds. The Kier molecular flexibility index (Phi) is 37.1. The van der Waals surface area contributed by atoms with Crippen LogP contribution in [-0.4, -0.2) is 68.5 Å². The van der Waals surface area contributed by atoms with Crippen molar-refractivity contribution >= 4 is 40.1 Å². The van der Waals surface area contributed by atoms with Crippen LogP contribution in [0.15, 0.2) is 0 Å². The third-order valence-corrected chi connectivity index (χ3v) is 22.7. The minimum Gasteiger partial charge on any atom is -0.215 e. The lowest BCUT2D eigenvalue weighted by Gasteiger charge is -2.38. The van der Waals surface area contributed by atoms with Gasteiger partial charge in [0, 0.05) is 51.9 Å². The molecule has 0 saturated carbocycles. The lowest BCUT2D eigenvalue weighted by atomic mass is 10.1. The fourth-order valence-corrected chi connectivity index (χ4v) is 19.3. The first kappa shape index (κ1) is 62.6. The van der Waals surface area contributed by atoms with Gasteiger partial charge in [0.05, 0.1) is 24.3 Å². The number of nitrogens with zero attached hydrogens (tertiary/aromatic N) is 4. The highest BCUT2D eigenvalue weighted by Crippen LogP contribution is 2.40. The monoisotopic (exact) mass is 993 g/mol. The van der Waals surface area contributed by atoms with Crippen LogP contribution in [0.1, 0.15) is 225 Å². The summed E-state index contributed by atoms with van der Waals surface area (Å²) in [5.74, 6) is 0. The Balaban J connectivity index is 7.20. The molecule has 4 N–H and O–H groups in total. The molecule has 0 aromatic rings. The minimum atomic E-state index is -5.59. The molecule has 0 bridgehead atoms. The molecule has 0 heterocycles. The van der Waals surface area contributed by atoms with Gasteiger partial charge in [0.2, 0.25) is 10.0 Å². The van der Waals surface area contributed by atoms with E-state index in [2.05, 4.69) is 43.2 Å². The van der Waals surface area contributed by atoms with Crippen LogP contribution in [0.3, 0.4) is 0 Å². The van der Waals surface area contributed by atoms with E-state index in [-0.39, 0.29) is 51.9 Å². The first-order valence-corrected chi connectivity index (χ1v) is 30.6. The second-order valence-electron chi connectivity index (χ2n) is 17.0. The summed E-state index contributed by atoms with van der Waals surface area (Å²) in [5, 5.41) is 32.8. The molecule has 0 rings (SSSR count). The maximum atomic E-state index is 15.1. The number of rotatable bonds is 47. The number of nitrogens with one attached hydrogen (secondary N) is 4. The third kappa shape index (κ3) is 26.1. The Morgan fingerprint density at radius 1 is 0.354 bits per heavy atom. The summed E-state index contributed by atoms with van der Waals surface area (Å²) in [6.07, 6.45) is 19.5. The molecule has 65 heavy (non-hydrogen) atoms. The summed E-state index contributed by atoms with van der Waals surface area (Å²) in [5.41, 5.74) is 0. The number of sulfonamides is 4. The van der Waals surface area contributed by atoms with Gasteiger partial charge in [0.25, 0.3) is 30.1 Å². The van der Waals surface area contributed by atoms with Crippen LogP contribution in [0.4, 0.5) is 0 Å². The molecule has 0 aromatic heterocycles. The SMILES string of the molecule is CCCCCCCC(C(S(=O)(=O)NCCCCCCCCC#N)(S(=O)(=O)NCCCCCCCCC#N)S(=O)(=O)NCCCCCCCCC#N)S(=O)(=O)NCCCCCCCCC#N. The number of nitriles is 4. The van der Waals surface area contributed by atoms with Crippen LogP contribution in [-0.2, 0) is 40.1 Å². The molecule has 1 unspecified atom stereocenters. The van der Waals surface area contributed by atoms with Gasteiger partial charge in [0.15, 0.2) is 0 Å². The van der Waals surface area contributed by atoms with Gasteiger partial charge >= 0.3 is 3.41 Å². The topological polar surface area (TPSA) is 280 Å². The van der Waals surface area contributed by atoms with Gasteiger partial charge < -0.3 is 0 Å². The van der Waals surface area contributed by atoms with Gasteiger partial charge in [-0.1, -0.05) is 142 Å². The van der Waals surface area contributed by atoms with E-state index in [9.17, 15) is 8.42 Å². The molecular formula is C45H84N8O8S4. The van der Waals surface area contributed by atoms with Crippen LogP contribution >= 0.6 is 0 Å². The van der Waals surface area contributed by atoms with Gasteiger partial charge in [-0.2, -0.15) is 21.0 Å². The molecule has 0 aromatic carbocycles. The zero-order valence-electron chi connectivity index (χ0n) is 39.6. The van der Waals surface area contributed by atoms with Crippen molar-refractivity contribution in [2.24, 2.45) is 0 Å². The Hall–Kier alpha value is -2.40. The Labute approximate surface area is 396 Å². The predicted molar refractivity (Wildman–Crippen MR) is 259 cm³/mol. The van der Waals surface area contributed by atoms with E-state index in [0.717, 1.165) is 96.3 Å². The van der Waals surface area contributed by atoms with E-state index in [1.54, 1.807) is 0 Å². The lowest BCUT2D eigenvalue weighted by Crippen LogP contribution is -2.71. The lowest BCUT2D eigenvalue weighted by molar-refractivity contribution is 0.488. The van der Waals surface area contributed by atoms with E-state index >= 15 is 25.3 Å². The molecule has 0 aliphatic heterocycles. The molecule has 16 nitrogen and oxygen atoms in total. The molecule has 0 radical (unpaired) electrons. The Bertz CT molecular complexity index is 1700. The van der Waals surface area contributed by atoms with E-state index in [1.165, 1.54) is 0 Å². The van der Waals surface area contributed by atoms with Crippen LogP contribution in [0, 0.1) is 45.3 Å². The molecular weight excluding hydrogens is 909 g/mol. The van der Waals surface area contributed by atoms with Gasteiger partial charge in [-0.15, -0.1) is 0 Å². The van der Waals surface area contributed by atoms with Gasteiger partial charge in [0.1, 0.15) is 5.25 Å². The normalized spacial score (nSPS) is 12.9. The molecule has 20 heteroatoms. The van der Waals surface area contributed by atoms with E-state index in [1.807, 2.05) is 6.92 Å². The zero-order chi connectivity index (χ0) is 48.6. The predicted octanol–water partition coefficient (Wildman–Crippen LogP) is 9.06. The van der Waals surface area contributed by atoms with Crippen molar-refractivity contribution in [1.82, 2.24) is 18.9 Å². The quantitative estimate of drug-likeness (QED) is 0.0416. The van der Waals surface area contributed by atoms with Crippen LogP contribution in [0.5, 0.6) is 0 Å². The average Bonchev–Trinajstić information content (AvgIpc) is 3.25. The highest BCUT2D eigenvalue weighted by Gasteiger charge is 2.72. The standard InChI is InChI=1S/C45H84N8O8S4/c1-2-3-4-17-26-35-44(62(54,55)50-40-31-22-13-5-9-18-27-36-46)45(63(56,57)51-41-32-23-14-6-10-19-28-37-47,64(58,59)52-42-33-24-15-7-11-20-29-38-48)65(60,61)53-43-34-25-16-8-12-21-30-39-49/h44,50-53H,2-35,40-43H2,1H3. The maximum Gasteiger partial charge on any atom is 0.330 e. The van der Waals surface area contributed by atoms with Crippen LogP contribution in [0.25, 0.3) is 0 Å². The van der Waals surface area contributed by atoms with Crippen molar-refractivity contribution in [3.63, 3.8) is 0 Å². The first-order chi connectivity index (χ1) is 31.2. The number of hydrogen-bond donors (Lipinski definition) is 4. The van der Waals surface area contributed by atoms with Crippen molar-refractivity contribution < 1.29 is 33.7 Å². The molecule has 0 spiro atoms. The van der Waals surface area contributed by atoms with Crippen molar-refractivity contribution in [1.29, 1.82) is 21.0 Å². The van der Waals surface area contributed by atoms with Crippen molar-refractivity contribution in [2.75, 3.05) is 26.2 Å².